The van der Waals surface area contributed by atoms with Crippen molar-refractivity contribution in [1.82, 2.24) is 14.9 Å². The van der Waals surface area contributed by atoms with Crippen molar-refractivity contribution in [1.29, 1.82) is 0 Å². The molecule has 0 saturated heterocycles. The van der Waals surface area contributed by atoms with Gasteiger partial charge in [0.2, 0.25) is 5.71 Å². The molecule has 8 heteroatoms. The highest BCUT2D eigenvalue weighted by Gasteiger charge is 2.24. The number of H-pyrrole nitrogens is 1. The van der Waals surface area contributed by atoms with Gasteiger partial charge in [0.1, 0.15) is 11.1 Å². The third-order valence-corrected chi connectivity index (χ3v) is 4.98. The molecule has 0 spiro atoms. The van der Waals surface area contributed by atoms with Crippen molar-refractivity contribution in [3.8, 4) is 5.69 Å². The summed E-state index contributed by atoms with van der Waals surface area (Å²) in [6, 6.07) is 17.8. The first kappa shape index (κ1) is 20.4. The number of furan rings is 1. The maximum Gasteiger partial charge on any atom is 0.335 e. The summed E-state index contributed by atoms with van der Waals surface area (Å²) in [7, 11) is 0. The molecule has 0 radical (unpaired) electrons. The summed E-state index contributed by atoms with van der Waals surface area (Å²) in [5.41, 5.74) is -0.0290. The molecule has 4 rings (SSSR count). The fraction of sp³-hybridized carbons (Fsp3) is 0.174. The number of para-hydroxylation sites is 1. The summed E-state index contributed by atoms with van der Waals surface area (Å²) in [5, 5.41) is 12.9. The number of fused-ring (bicyclic) bond motifs is 1. The Bertz CT molecular complexity index is 1340. The highest BCUT2D eigenvalue weighted by molar-refractivity contribution is 6.06. The zero-order valence-electron chi connectivity index (χ0n) is 16.8. The number of rotatable bonds is 6. The number of aliphatic hydroxyl groups excluding tert-OH is 1. The second-order valence-electron chi connectivity index (χ2n) is 7.20. The molecule has 0 aliphatic rings. The topological polar surface area (TPSA) is 117 Å². The van der Waals surface area contributed by atoms with E-state index in [-0.39, 0.29) is 29.0 Å². The number of aliphatic hydroxyl groups is 1. The van der Waals surface area contributed by atoms with Crippen molar-refractivity contribution in [2.24, 2.45) is 0 Å². The van der Waals surface area contributed by atoms with Crippen molar-refractivity contribution in [3.05, 3.63) is 98.4 Å². The number of amides is 1. The van der Waals surface area contributed by atoms with Crippen LogP contribution in [0.1, 0.15) is 21.7 Å². The molecule has 3 N–H and O–H groups in total. The number of benzene rings is 2. The van der Waals surface area contributed by atoms with Crippen LogP contribution in [0.2, 0.25) is 0 Å². The third-order valence-electron chi connectivity index (χ3n) is 4.98. The molecule has 0 bridgehead atoms. The van der Waals surface area contributed by atoms with Crippen molar-refractivity contribution in [2.45, 2.75) is 19.4 Å². The Kier molecular flexibility index (Phi) is 5.55. The molecule has 1 amide bonds. The van der Waals surface area contributed by atoms with Crippen molar-refractivity contribution < 1.29 is 14.3 Å². The molecule has 1 atom stereocenters. The van der Waals surface area contributed by atoms with Gasteiger partial charge in [0.15, 0.2) is 0 Å². The van der Waals surface area contributed by atoms with Crippen molar-refractivity contribution in [2.75, 3.05) is 6.54 Å². The van der Waals surface area contributed by atoms with Gasteiger partial charge in [-0.05, 0) is 24.6 Å². The molecule has 158 valence electrons. The van der Waals surface area contributed by atoms with Crippen LogP contribution >= 0.6 is 0 Å². The number of hydrogen-bond acceptors (Lipinski definition) is 5. The van der Waals surface area contributed by atoms with Gasteiger partial charge < -0.3 is 14.8 Å². The average molecular weight is 419 g/mol. The first-order valence-electron chi connectivity index (χ1n) is 9.79. The summed E-state index contributed by atoms with van der Waals surface area (Å²) in [5.74, 6) is -0.365. The molecular formula is C23H21N3O5. The number of carbonyl (C=O) groups is 1. The van der Waals surface area contributed by atoms with Gasteiger partial charge in [0.05, 0.1) is 17.4 Å². The van der Waals surface area contributed by atoms with E-state index in [1.165, 1.54) is 0 Å². The Balaban J connectivity index is 1.64. The lowest BCUT2D eigenvalue weighted by molar-refractivity contribution is 0.0915. The van der Waals surface area contributed by atoms with Crippen molar-refractivity contribution >= 4 is 17.0 Å². The van der Waals surface area contributed by atoms with Gasteiger partial charge in [-0.1, -0.05) is 48.5 Å². The number of aromatic nitrogens is 2. The molecule has 8 nitrogen and oxygen atoms in total. The van der Waals surface area contributed by atoms with E-state index in [0.717, 1.165) is 10.1 Å². The third kappa shape index (κ3) is 4.06. The lowest BCUT2D eigenvalue weighted by Crippen LogP contribution is -2.36. The van der Waals surface area contributed by atoms with Crippen LogP contribution < -0.4 is 16.6 Å². The maximum atomic E-state index is 13.1. The van der Waals surface area contributed by atoms with Gasteiger partial charge in [0.25, 0.3) is 11.5 Å². The standard InChI is InChI=1S/C23H21N3O5/c1-14-18(20(28)24-13-17(27)12-15-8-4-2-5-9-15)19-21(31-14)25-23(30)26(22(19)29)16-10-6-3-7-11-16/h2-11,17,27H,12-13H2,1H3,(H,24,28)(H,25,30). The molecule has 2 aromatic carbocycles. The number of carbonyl (C=O) groups excluding carboxylic acids is 1. The van der Waals surface area contributed by atoms with Crippen molar-refractivity contribution in [3.63, 3.8) is 0 Å². The van der Waals surface area contributed by atoms with Gasteiger partial charge in [-0.2, -0.15) is 0 Å². The predicted molar refractivity (Wildman–Crippen MR) is 116 cm³/mol. The normalized spacial score (nSPS) is 12.1. The molecule has 4 aromatic rings. The van der Waals surface area contributed by atoms with Crippen LogP contribution in [0.3, 0.4) is 0 Å². The van der Waals surface area contributed by atoms with Gasteiger partial charge in [-0.25, -0.2) is 9.36 Å². The fourth-order valence-electron chi connectivity index (χ4n) is 3.54. The number of nitrogens with one attached hydrogen (secondary N) is 2. The largest absolute Gasteiger partial charge is 0.444 e. The Hall–Kier alpha value is -3.91. The van der Waals surface area contributed by atoms with E-state index < -0.39 is 23.3 Å². The first-order chi connectivity index (χ1) is 15.0. The van der Waals surface area contributed by atoms with Crippen LogP contribution in [0, 0.1) is 6.92 Å². The second kappa shape index (κ2) is 8.45. The molecule has 31 heavy (non-hydrogen) atoms. The van der Waals surface area contributed by atoms with E-state index >= 15 is 0 Å². The molecule has 1 unspecified atom stereocenters. The summed E-state index contributed by atoms with van der Waals surface area (Å²) >= 11 is 0. The lowest BCUT2D eigenvalue weighted by Gasteiger charge is -2.12. The average Bonchev–Trinajstić information content (AvgIpc) is 3.09. The second-order valence-corrected chi connectivity index (χ2v) is 7.20. The highest BCUT2D eigenvalue weighted by Crippen LogP contribution is 2.20. The minimum Gasteiger partial charge on any atom is -0.444 e. The van der Waals surface area contributed by atoms with E-state index in [0.29, 0.717) is 12.1 Å². The van der Waals surface area contributed by atoms with E-state index in [1.54, 1.807) is 37.3 Å². The predicted octanol–water partition coefficient (Wildman–Crippen LogP) is 1.91. The first-order valence-corrected chi connectivity index (χ1v) is 9.79. The Morgan fingerprint density at radius 3 is 2.42 bits per heavy atom. The Labute approximate surface area is 176 Å². The van der Waals surface area contributed by atoms with E-state index in [9.17, 15) is 19.5 Å². The van der Waals surface area contributed by atoms with Crippen LogP contribution in [0.25, 0.3) is 16.8 Å². The summed E-state index contributed by atoms with van der Waals surface area (Å²) in [4.78, 5) is 41.0. The quantitative estimate of drug-likeness (QED) is 0.441. The van der Waals surface area contributed by atoms with Crippen LogP contribution in [-0.2, 0) is 6.42 Å². The lowest BCUT2D eigenvalue weighted by atomic mass is 10.1. The van der Waals surface area contributed by atoms with Crippen LogP contribution in [0.5, 0.6) is 0 Å². The zero-order chi connectivity index (χ0) is 22.0. The monoisotopic (exact) mass is 419 g/mol. The minimum atomic E-state index is -0.800. The molecule has 2 heterocycles. The molecule has 2 aromatic heterocycles. The highest BCUT2D eigenvalue weighted by atomic mass is 16.3. The number of hydrogen-bond donors (Lipinski definition) is 3. The molecule has 0 fully saturated rings. The zero-order valence-corrected chi connectivity index (χ0v) is 16.8. The van der Waals surface area contributed by atoms with E-state index in [4.69, 9.17) is 4.42 Å². The van der Waals surface area contributed by atoms with Gasteiger partial charge >= 0.3 is 5.69 Å². The van der Waals surface area contributed by atoms with Crippen LogP contribution in [-0.4, -0.2) is 33.2 Å². The van der Waals surface area contributed by atoms with Gasteiger partial charge in [-0.15, -0.1) is 0 Å². The number of aromatic amines is 1. The van der Waals surface area contributed by atoms with Gasteiger partial charge in [-0.3, -0.25) is 14.6 Å². The van der Waals surface area contributed by atoms with Crippen LogP contribution in [0.4, 0.5) is 0 Å². The molecule has 0 aliphatic heterocycles. The summed E-state index contributed by atoms with van der Waals surface area (Å²) in [6.45, 7) is 1.54. The van der Waals surface area contributed by atoms with E-state index in [1.807, 2.05) is 30.3 Å². The Morgan fingerprint density at radius 1 is 1.10 bits per heavy atom. The maximum absolute atomic E-state index is 13.1. The SMILES string of the molecule is Cc1oc2[nH]c(=O)n(-c3ccccc3)c(=O)c2c1C(=O)NCC(O)Cc1ccccc1. The molecular weight excluding hydrogens is 398 g/mol. The fourth-order valence-corrected chi connectivity index (χ4v) is 3.54. The smallest absolute Gasteiger partial charge is 0.335 e. The number of aryl methyl sites for hydroxylation is 1. The summed E-state index contributed by atoms with van der Waals surface area (Å²) in [6.07, 6.45) is -0.425. The van der Waals surface area contributed by atoms with Crippen LogP contribution in [0.15, 0.2) is 74.7 Å². The Morgan fingerprint density at radius 2 is 1.74 bits per heavy atom. The number of nitrogens with zero attached hydrogens (tertiary/aromatic N) is 1. The van der Waals surface area contributed by atoms with Gasteiger partial charge in [0, 0.05) is 13.0 Å². The molecule has 0 aliphatic carbocycles. The minimum absolute atomic E-state index is 0.00390. The summed E-state index contributed by atoms with van der Waals surface area (Å²) < 4.78 is 6.44. The van der Waals surface area contributed by atoms with E-state index in [2.05, 4.69) is 10.3 Å². The molecule has 0 saturated carbocycles.